The second kappa shape index (κ2) is 9.43. The van der Waals surface area contributed by atoms with Crippen LogP contribution in [0.3, 0.4) is 0 Å². The zero-order valence-corrected chi connectivity index (χ0v) is 18.1. The maximum Gasteiger partial charge on any atom is 0.236 e. The Hall–Kier alpha value is -2.67. The van der Waals surface area contributed by atoms with Crippen molar-refractivity contribution in [3.05, 3.63) is 48.3 Å². The number of anilines is 2. The van der Waals surface area contributed by atoms with Crippen LogP contribution in [0.5, 0.6) is 0 Å². The number of carbonyl (C=O) groups excluding carboxylic acids is 1. The lowest BCUT2D eigenvalue weighted by atomic mass is 10.0. The quantitative estimate of drug-likeness (QED) is 0.755. The molecule has 2 fully saturated rings. The fourth-order valence-corrected chi connectivity index (χ4v) is 4.40. The average Bonchev–Trinajstić information content (AvgIpc) is 2.79. The zero-order valence-electron chi connectivity index (χ0n) is 18.1. The zero-order chi connectivity index (χ0) is 20.9. The number of benzene rings is 1. The molecule has 7 heteroatoms. The first kappa shape index (κ1) is 20.6. The molecule has 1 atom stereocenters. The monoisotopic (exact) mass is 408 g/mol. The third-order valence-electron chi connectivity index (χ3n) is 6.24. The van der Waals surface area contributed by atoms with Crippen LogP contribution in [0, 0.1) is 6.92 Å². The van der Waals surface area contributed by atoms with E-state index in [1.165, 1.54) is 5.69 Å². The van der Waals surface area contributed by atoms with E-state index in [4.69, 9.17) is 0 Å². The molecule has 2 aliphatic rings. The van der Waals surface area contributed by atoms with Gasteiger partial charge in [-0.3, -0.25) is 9.69 Å². The van der Waals surface area contributed by atoms with Crippen molar-refractivity contribution in [2.75, 3.05) is 62.7 Å². The highest BCUT2D eigenvalue weighted by Gasteiger charge is 2.28. The van der Waals surface area contributed by atoms with E-state index in [0.717, 1.165) is 63.8 Å². The number of amides is 1. The number of para-hydroxylation sites is 1. The number of piperazine rings is 1. The van der Waals surface area contributed by atoms with E-state index >= 15 is 0 Å². The third kappa shape index (κ3) is 4.90. The number of aromatic nitrogens is 2. The lowest BCUT2D eigenvalue weighted by Gasteiger charge is -2.40. The number of hydrogen-bond acceptors (Lipinski definition) is 6. The van der Waals surface area contributed by atoms with E-state index in [0.29, 0.717) is 12.6 Å². The minimum atomic E-state index is 0.248. The van der Waals surface area contributed by atoms with Crippen LogP contribution in [-0.4, -0.2) is 84.6 Å². The van der Waals surface area contributed by atoms with Gasteiger partial charge in [-0.2, -0.15) is 0 Å². The fraction of sp³-hybridized carbons (Fsp3) is 0.522. The SMILES string of the molecule is Cc1ccnc(N(C)C2CCCN(CC(=O)N3CCN(c4ccccc4)CC3)C2)n1. The number of rotatable bonds is 5. The molecule has 0 spiro atoms. The fourth-order valence-electron chi connectivity index (χ4n) is 4.40. The van der Waals surface area contributed by atoms with E-state index in [2.05, 4.69) is 56.0 Å². The summed E-state index contributed by atoms with van der Waals surface area (Å²) in [4.78, 5) is 30.8. The summed E-state index contributed by atoms with van der Waals surface area (Å²) in [5.41, 5.74) is 2.22. The molecule has 1 aromatic carbocycles. The van der Waals surface area contributed by atoms with Gasteiger partial charge in [0, 0.05) is 63.4 Å². The highest BCUT2D eigenvalue weighted by molar-refractivity contribution is 5.78. The van der Waals surface area contributed by atoms with Crippen molar-refractivity contribution in [3.63, 3.8) is 0 Å². The predicted octanol–water partition coefficient (Wildman–Crippen LogP) is 2.03. The molecule has 1 amide bonds. The van der Waals surface area contributed by atoms with Crippen LogP contribution < -0.4 is 9.80 Å². The average molecular weight is 409 g/mol. The summed E-state index contributed by atoms with van der Waals surface area (Å²) in [7, 11) is 2.06. The van der Waals surface area contributed by atoms with Crippen molar-refractivity contribution in [2.45, 2.75) is 25.8 Å². The Morgan fingerprint density at radius 3 is 2.60 bits per heavy atom. The van der Waals surface area contributed by atoms with Crippen molar-refractivity contribution < 1.29 is 4.79 Å². The number of hydrogen-bond donors (Lipinski definition) is 0. The Bertz CT molecular complexity index is 837. The van der Waals surface area contributed by atoms with E-state index in [1.807, 2.05) is 30.2 Å². The number of carbonyl (C=O) groups is 1. The van der Waals surface area contributed by atoms with Crippen LogP contribution in [0.4, 0.5) is 11.6 Å². The third-order valence-corrected chi connectivity index (χ3v) is 6.24. The smallest absolute Gasteiger partial charge is 0.236 e. The van der Waals surface area contributed by atoms with Gasteiger partial charge in [0.25, 0.3) is 0 Å². The van der Waals surface area contributed by atoms with Gasteiger partial charge in [0.1, 0.15) is 0 Å². The summed E-state index contributed by atoms with van der Waals surface area (Å²) >= 11 is 0. The molecule has 3 heterocycles. The van der Waals surface area contributed by atoms with Gasteiger partial charge in [-0.1, -0.05) is 18.2 Å². The minimum absolute atomic E-state index is 0.248. The normalized spacial score (nSPS) is 20.3. The maximum atomic E-state index is 12.9. The Balaban J connectivity index is 1.28. The van der Waals surface area contributed by atoms with E-state index < -0.39 is 0 Å². The van der Waals surface area contributed by atoms with Crippen molar-refractivity contribution in [2.24, 2.45) is 0 Å². The van der Waals surface area contributed by atoms with E-state index in [-0.39, 0.29) is 5.91 Å². The molecule has 7 nitrogen and oxygen atoms in total. The molecular weight excluding hydrogens is 376 g/mol. The van der Waals surface area contributed by atoms with Crippen molar-refractivity contribution >= 4 is 17.5 Å². The second-order valence-electron chi connectivity index (χ2n) is 8.34. The molecule has 2 aromatic rings. The molecule has 0 radical (unpaired) electrons. The topological polar surface area (TPSA) is 55.8 Å². The Morgan fingerprint density at radius 2 is 1.87 bits per heavy atom. The molecule has 1 aromatic heterocycles. The van der Waals surface area contributed by atoms with Gasteiger partial charge in [-0.15, -0.1) is 0 Å². The summed E-state index contributed by atoms with van der Waals surface area (Å²) in [6.45, 7) is 7.73. The number of nitrogens with zero attached hydrogens (tertiary/aromatic N) is 6. The lowest BCUT2D eigenvalue weighted by Crippen LogP contribution is -2.53. The molecule has 4 rings (SSSR count). The van der Waals surface area contributed by atoms with Crippen LogP contribution in [0.25, 0.3) is 0 Å². The molecule has 160 valence electrons. The van der Waals surface area contributed by atoms with E-state index in [1.54, 1.807) is 0 Å². The molecule has 0 N–H and O–H groups in total. The first-order valence-electron chi connectivity index (χ1n) is 10.9. The summed E-state index contributed by atoms with van der Waals surface area (Å²) in [6, 6.07) is 12.7. The molecule has 2 aliphatic heterocycles. The highest BCUT2D eigenvalue weighted by atomic mass is 16.2. The van der Waals surface area contributed by atoms with Gasteiger partial charge in [-0.05, 0) is 44.5 Å². The lowest BCUT2D eigenvalue weighted by molar-refractivity contribution is -0.133. The van der Waals surface area contributed by atoms with Crippen LogP contribution in [0.2, 0.25) is 0 Å². The second-order valence-corrected chi connectivity index (χ2v) is 8.34. The summed E-state index contributed by atoms with van der Waals surface area (Å²) in [5.74, 6) is 1.02. The van der Waals surface area contributed by atoms with Crippen molar-refractivity contribution in [3.8, 4) is 0 Å². The van der Waals surface area contributed by atoms with Crippen molar-refractivity contribution in [1.29, 1.82) is 0 Å². The van der Waals surface area contributed by atoms with Gasteiger partial charge < -0.3 is 14.7 Å². The van der Waals surface area contributed by atoms with Crippen LogP contribution in [0.1, 0.15) is 18.5 Å². The number of likely N-dealkylation sites (tertiary alicyclic amines) is 1. The molecule has 0 bridgehead atoms. The van der Waals surface area contributed by atoms with Crippen LogP contribution in [-0.2, 0) is 4.79 Å². The van der Waals surface area contributed by atoms with Crippen LogP contribution >= 0.6 is 0 Å². The summed E-state index contributed by atoms with van der Waals surface area (Å²) in [6.07, 6.45) is 4.01. The number of piperidine rings is 1. The molecule has 1 unspecified atom stereocenters. The van der Waals surface area contributed by atoms with Gasteiger partial charge in [0.15, 0.2) is 0 Å². The molecule has 30 heavy (non-hydrogen) atoms. The Morgan fingerprint density at radius 1 is 1.10 bits per heavy atom. The molecular formula is C23H32N6O. The summed E-state index contributed by atoms with van der Waals surface area (Å²) in [5, 5.41) is 0. The number of likely N-dealkylation sites (N-methyl/N-ethyl adjacent to an activating group) is 1. The van der Waals surface area contributed by atoms with Gasteiger partial charge >= 0.3 is 0 Å². The Labute approximate surface area is 179 Å². The minimum Gasteiger partial charge on any atom is -0.368 e. The Kier molecular flexibility index (Phi) is 6.47. The van der Waals surface area contributed by atoms with E-state index in [9.17, 15) is 4.79 Å². The molecule has 0 aliphatic carbocycles. The van der Waals surface area contributed by atoms with Gasteiger partial charge in [0.05, 0.1) is 6.54 Å². The predicted molar refractivity (Wildman–Crippen MR) is 120 cm³/mol. The van der Waals surface area contributed by atoms with Gasteiger partial charge in [0.2, 0.25) is 11.9 Å². The highest BCUT2D eigenvalue weighted by Crippen LogP contribution is 2.20. The molecule has 0 saturated carbocycles. The maximum absolute atomic E-state index is 12.9. The van der Waals surface area contributed by atoms with Gasteiger partial charge in [-0.25, -0.2) is 9.97 Å². The first-order valence-corrected chi connectivity index (χ1v) is 10.9. The first-order chi connectivity index (χ1) is 14.6. The molecule has 2 saturated heterocycles. The summed E-state index contributed by atoms with van der Waals surface area (Å²) < 4.78 is 0. The van der Waals surface area contributed by atoms with Crippen molar-refractivity contribution in [1.82, 2.24) is 19.8 Å². The number of aryl methyl sites for hydroxylation is 1. The largest absolute Gasteiger partial charge is 0.368 e. The standard InChI is InChI=1S/C23H32N6O/c1-19-10-11-24-23(25-19)26(2)21-9-6-12-27(17-21)18-22(30)29-15-13-28(14-16-29)20-7-4-3-5-8-20/h3-5,7-8,10-11,21H,6,9,12-18H2,1-2H3. The van der Waals surface area contributed by atoms with Crippen LogP contribution in [0.15, 0.2) is 42.6 Å².